The van der Waals surface area contributed by atoms with E-state index in [4.69, 9.17) is 16.3 Å². The van der Waals surface area contributed by atoms with E-state index in [9.17, 15) is 0 Å². The summed E-state index contributed by atoms with van der Waals surface area (Å²) in [6.45, 7) is 2.56. The van der Waals surface area contributed by atoms with Crippen LogP contribution in [0.5, 0.6) is 5.75 Å². The lowest BCUT2D eigenvalue weighted by molar-refractivity contribution is 0.293. The molecule has 0 aromatic carbocycles. The van der Waals surface area contributed by atoms with Gasteiger partial charge in [0.2, 0.25) is 0 Å². The molecule has 0 aliphatic heterocycles. The number of aromatic nitrogens is 3. The molecule has 0 bridgehead atoms. The highest BCUT2D eigenvalue weighted by molar-refractivity contribution is 6.29. The monoisotopic (exact) mass is 251 g/mol. The van der Waals surface area contributed by atoms with Crippen LogP contribution in [0.4, 0.5) is 0 Å². The molecule has 0 radical (unpaired) electrons. The van der Waals surface area contributed by atoms with Crippen LogP contribution in [-0.2, 0) is 20.1 Å². The van der Waals surface area contributed by atoms with E-state index in [-0.39, 0.29) is 0 Å². The summed E-state index contributed by atoms with van der Waals surface area (Å²) >= 11 is 5.70. The number of aryl methyl sites for hydroxylation is 2. The molecular weight excluding hydrogens is 238 g/mol. The summed E-state index contributed by atoms with van der Waals surface area (Å²) in [6.07, 6.45) is 2.54. The normalized spacial score (nSPS) is 10.5. The van der Waals surface area contributed by atoms with Crippen molar-refractivity contribution in [3.8, 4) is 5.75 Å². The molecule has 0 N–H and O–H groups in total. The van der Waals surface area contributed by atoms with Crippen molar-refractivity contribution >= 4 is 11.6 Å². The van der Waals surface area contributed by atoms with E-state index in [1.165, 1.54) is 0 Å². The van der Waals surface area contributed by atoms with Crippen LogP contribution in [0.3, 0.4) is 0 Å². The maximum atomic E-state index is 5.70. The van der Waals surface area contributed by atoms with Gasteiger partial charge >= 0.3 is 0 Å². The first kappa shape index (κ1) is 11.9. The maximum absolute atomic E-state index is 5.70. The van der Waals surface area contributed by atoms with Gasteiger partial charge in [-0.25, -0.2) is 4.98 Å². The fraction of sp³-hybridized carbons (Fsp3) is 0.333. The Morgan fingerprint density at radius 3 is 2.82 bits per heavy atom. The fourth-order valence-electron chi connectivity index (χ4n) is 1.48. The van der Waals surface area contributed by atoms with Crippen molar-refractivity contribution in [3.05, 3.63) is 40.9 Å². The summed E-state index contributed by atoms with van der Waals surface area (Å²) in [5.74, 6) is 0.702. The lowest BCUT2D eigenvalue weighted by Crippen LogP contribution is -2.03. The van der Waals surface area contributed by atoms with Gasteiger partial charge in [0, 0.05) is 7.05 Å². The van der Waals surface area contributed by atoms with Crippen LogP contribution in [0.1, 0.15) is 18.3 Å². The average molecular weight is 252 g/mol. The second-order valence-electron chi connectivity index (χ2n) is 3.71. The minimum Gasteiger partial charge on any atom is -0.486 e. The first-order chi connectivity index (χ1) is 8.19. The summed E-state index contributed by atoms with van der Waals surface area (Å²) in [6, 6.07) is 5.55. The van der Waals surface area contributed by atoms with Crippen LogP contribution in [0, 0.1) is 0 Å². The quantitative estimate of drug-likeness (QED) is 0.785. The number of nitrogens with zero attached hydrogens (tertiary/aromatic N) is 3. The number of hydrogen-bond acceptors (Lipinski definition) is 3. The maximum Gasteiger partial charge on any atom is 0.138 e. The predicted molar refractivity (Wildman–Crippen MR) is 66.2 cm³/mol. The van der Waals surface area contributed by atoms with Gasteiger partial charge in [-0.3, -0.25) is 4.68 Å². The van der Waals surface area contributed by atoms with Crippen LogP contribution in [0.15, 0.2) is 24.4 Å². The second kappa shape index (κ2) is 5.19. The predicted octanol–water partition coefficient (Wildman–Crippen LogP) is 2.61. The molecule has 5 heteroatoms. The Kier molecular flexibility index (Phi) is 3.64. The van der Waals surface area contributed by atoms with Crippen LogP contribution in [0.2, 0.25) is 5.15 Å². The molecule has 90 valence electrons. The molecular formula is C12H14ClN3O. The highest BCUT2D eigenvalue weighted by Crippen LogP contribution is 2.14. The van der Waals surface area contributed by atoms with Crippen LogP contribution in [-0.4, -0.2) is 14.8 Å². The topological polar surface area (TPSA) is 39.9 Å². The van der Waals surface area contributed by atoms with E-state index < -0.39 is 0 Å². The molecule has 0 saturated carbocycles. The van der Waals surface area contributed by atoms with Crippen molar-refractivity contribution in [2.75, 3.05) is 0 Å². The minimum atomic E-state index is 0.464. The van der Waals surface area contributed by atoms with Crippen molar-refractivity contribution in [2.24, 2.45) is 7.05 Å². The zero-order chi connectivity index (χ0) is 12.3. The molecule has 2 heterocycles. The Morgan fingerprint density at radius 1 is 1.41 bits per heavy atom. The summed E-state index contributed by atoms with van der Waals surface area (Å²) in [4.78, 5) is 3.95. The molecule has 2 rings (SSSR count). The van der Waals surface area contributed by atoms with Crippen LogP contribution >= 0.6 is 11.6 Å². The van der Waals surface area contributed by atoms with Gasteiger partial charge in [-0.1, -0.05) is 18.5 Å². The Hall–Kier alpha value is -1.55. The first-order valence-electron chi connectivity index (χ1n) is 5.45. The lowest BCUT2D eigenvalue weighted by atomic mass is 10.3. The third kappa shape index (κ3) is 2.97. The number of ether oxygens (including phenoxy) is 1. The van der Waals surface area contributed by atoms with Gasteiger partial charge < -0.3 is 4.74 Å². The number of halogens is 1. The van der Waals surface area contributed by atoms with Crippen molar-refractivity contribution in [2.45, 2.75) is 20.0 Å². The molecule has 0 aliphatic carbocycles. The smallest absolute Gasteiger partial charge is 0.138 e. The van der Waals surface area contributed by atoms with E-state index in [2.05, 4.69) is 17.0 Å². The van der Waals surface area contributed by atoms with Crippen molar-refractivity contribution in [3.63, 3.8) is 0 Å². The Labute approximate surface area is 105 Å². The van der Waals surface area contributed by atoms with E-state index in [0.717, 1.165) is 17.8 Å². The van der Waals surface area contributed by atoms with Crippen molar-refractivity contribution < 1.29 is 4.74 Å². The standard InChI is InChI=1S/C12H14ClN3O/c1-3-9-6-10(16(2)15-9)8-17-11-4-5-12(13)14-7-11/h4-7H,3,8H2,1-2H3. The molecule has 17 heavy (non-hydrogen) atoms. The molecule has 0 spiro atoms. The van der Waals surface area contributed by atoms with Gasteiger partial charge in [-0.05, 0) is 24.6 Å². The Bertz CT molecular complexity index is 493. The van der Waals surface area contributed by atoms with Gasteiger partial charge in [0.25, 0.3) is 0 Å². The van der Waals surface area contributed by atoms with Gasteiger partial charge in [0.15, 0.2) is 0 Å². The van der Waals surface area contributed by atoms with Gasteiger partial charge in [-0.2, -0.15) is 5.10 Å². The van der Waals surface area contributed by atoms with E-state index >= 15 is 0 Å². The molecule has 0 atom stereocenters. The SMILES string of the molecule is CCc1cc(COc2ccc(Cl)nc2)n(C)n1. The Morgan fingerprint density at radius 2 is 2.24 bits per heavy atom. The fourth-order valence-corrected chi connectivity index (χ4v) is 1.60. The molecule has 0 saturated heterocycles. The number of hydrogen-bond donors (Lipinski definition) is 0. The van der Waals surface area contributed by atoms with E-state index in [1.54, 1.807) is 18.3 Å². The molecule has 0 unspecified atom stereocenters. The van der Waals surface area contributed by atoms with Crippen LogP contribution in [0.25, 0.3) is 0 Å². The van der Waals surface area contributed by atoms with Crippen molar-refractivity contribution in [1.29, 1.82) is 0 Å². The van der Waals surface area contributed by atoms with Crippen LogP contribution < -0.4 is 4.74 Å². The molecule has 2 aromatic heterocycles. The van der Waals surface area contributed by atoms with Gasteiger partial charge in [-0.15, -0.1) is 0 Å². The summed E-state index contributed by atoms with van der Waals surface area (Å²) in [5.41, 5.74) is 2.11. The zero-order valence-electron chi connectivity index (χ0n) is 9.85. The lowest BCUT2D eigenvalue weighted by Gasteiger charge is -2.05. The van der Waals surface area contributed by atoms with E-state index in [1.807, 2.05) is 17.8 Å². The first-order valence-corrected chi connectivity index (χ1v) is 5.83. The summed E-state index contributed by atoms with van der Waals surface area (Å²) in [5, 5.41) is 4.82. The molecule has 2 aromatic rings. The van der Waals surface area contributed by atoms with E-state index in [0.29, 0.717) is 17.5 Å². The van der Waals surface area contributed by atoms with Gasteiger partial charge in [0.05, 0.1) is 17.6 Å². The molecule has 0 fully saturated rings. The zero-order valence-corrected chi connectivity index (χ0v) is 10.6. The highest BCUT2D eigenvalue weighted by atomic mass is 35.5. The minimum absolute atomic E-state index is 0.464. The van der Waals surface area contributed by atoms with Crippen molar-refractivity contribution in [1.82, 2.24) is 14.8 Å². The number of pyridine rings is 1. The summed E-state index contributed by atoms with van der Waals surface area (Å²) in [7, 11) is 1.91. The molecule has 0 aliphatic rings. The Balaban J connectivity index is 2.01. The third-order valence-corrected chi connectivity index (χ3v) is 2.70. The average Bonchev–Trinajstić information content (AvgIpc) is 2.69. The number of rotatable bonds is 4. The van der Waals surface area contributed by atoms with Gasteiger partial charge in [0.1, 0.15) is 17.5 Å². The second-order valence-corrected chi connectivity index (χ2v) is 4.10. The molecule has 0 amide bonds. The third-order valence-electron chi connectivity index (χ3n) is 2.48. The molecule has 4 nitrogen and oxygen atoms in total. The largest absolute Gasteiger partial charge is 0.486 e. The summed E-state index contributed by atoms with van der Waals surface area (Å²) < 4.78 is 7.44. The highest BCUT2D eigenvalue weighted by Gasteiger charge is 2.04.